The Kier molecular flexibility index (Phi) is 3.76. The molecule has 1 aromatic heterocycles. The molecule has 12 heavy (non-hydrogen) atoms. The maximum Gasteiger partial charge on any atom is 0.0331 e. The molecule has 1 heterocycles. The van der Waals surface area contributed by atoms with Crippen LogP contribution in [0.25, 0.3) is 0 Å². The molecule has 2 heteroatoms. The molecule has 0 spiro atoms. The fraction of sp³-hybridized carbons (Fsp3) is 0.600. The predicted molar refractivity (Wildman–Crippen MR) is 55.3 cm³/mol. The summed E-state index contributed by atoms with van der Waals surface area (Å²) in [5.74, 6) is 0.639. The molecule has 1 unspecified atom stereocenters. The van der Waals surface area contributed by atoms with Gasteiger partial charge in [0.05, 0.1) is 0 Å². The normalized spacial score (nSPS) is 13.7. The fourth-order valence-corrected chi connectivity index (χ4v) is 2.24. The van der Waals surface area contributed by atoms with Gasteiger partial charge in [0.2, 0.25) is 0 Å². The first kappa shape index (κ1) is 9.75. The van der Waals surface area contributed by atoms with Crippen molar-refractivity contribution in [3.63, 3.8) is 0 Å². The third-order valence-corrected chi connectivity index (χ3v) is 3.19. The van der Waals surface area contributed by atoms with E-state index in [9.17, 15) is 0 Å². The smallest absolute Gasteiger partial charge is 0.0331 e. The van der Waals surface area contributed by atoms with Crippen LogP contribution in [0.1, 0.15) is 38.3 Å². The minimum Gasteiger partial charge on any atom is -0.324 e. The molecule has 2 N–H and O–H groups in total. The first-order chi connectivity index (χ1) is 5.79. The lowest BCUT2D eigenvalue weighted by molar-refractivity contribution is 0.406. The zero-order chi connectivity index (χ0) is 8.97. The third kappa shape index (κ3) is 2.08. The van der Waals surface area contributed by atoms with Crippen LogP contribution in [0, 0.1) is 5.92 Å². The van der Waals surface area contributed by atoms with Gasteiger partial charge >= 0.3 is 0 Å². The van der Waals surface area contributed by atoms with Gasteiger partial charge in [0.25, 0.3) is 0 Å². The van der Waals surface area contributed by atoms with Gasteiger partial charge in [-0.05, 0) is 28.3 Å². The molecule has 0 aliphatic rings. The molecule has 0 radical (unpaired) electrons. The highest BCUT2D eigenvalue weighted by molar-refractivity contribution is 7.07. The molecule has 0 aliphatic heterocycles. The highest BCUT2D eigenvalue weighted by Gasteiger charge is 2.15. The van der Waals surface area contributed by atoms with E-state index in [2.05, 4.69) is 30.7 Å². The first-order valence-corrected chi connectivity index (χ1v) is 5.51. The van der Waals surface area contributed by atoms with Gasteiger partial charge in [0.15, 0.2) is 0 Å². The molecule has 1 atom stereocenters. The number of hydrogen-bond acceptors (Lipinski definition) is 2. The number of hydrogen-bond donors (Lipinski definition) is 1. The summed E-state index contributed by atoms with van der Waals surface area (Å²) >= 11 is 1.73. The fourth-order valence-electron chi connectivity index (χ4n) is 1.53. The molecule has 0 aliphatic carbocycles. The lowest BCUT2D eigenvalue weighted by atomic mass is 9.91. The van der Waals surface area contributed by atoms with Crippen molar-refractivity contribution in [2.24, 2.45) is 11.7 Å². The molecule has 0 saturated heterocycles. The molecular weight excluding hydrogens is 166 g/mol. The van der Waals surface area contributed by atoms with Gasteiger partial charge in [-0.1, -0.05) is 26.7 Å². The van der Waals surface area contributed by atoms with Crippen molar-refractivity contribution in [2.75, 3.05) is 0 Å². The third-order valence-electron chi connectivity index (χ3n) is 2.48. The summed E-state index contributed by atoms with van der Waals surface area (Å²) in [4.78, 5) is 0. The van der Waals surface area contributed by atoms with E-state index in [1.807, 2.05) is 0 Å². The van der Waals surface area contributed by atoms with Crippen molar-refractivity contribution >= 4 is 11.3 Å². The highest BCUT2D eigenvalue weighted by Crippen LogP contribution is 2.26. The Labute approximate surface area is 78.6 Å². The molecule has 0 fully saturated rings. The van der Waals surface area contributed by atoms with Gasteiger partial charge in [-0.15, -0.1) is 0 Å². The van der Waals surface area contributed by atoms with E-state index < -0.39 is 0 Å². The van der Waals surface area contributed by atoms with E-state index >= 15 is 0 Å². The van der Waals surface area contributed by atoms with Crippen LogP contribution in [0.3, 0.4) is 0 Å². The van der Waals surface area contributed by atoms with Crippen LogP contribution in [0.5, 0.6) is 0 Å². The van der Waals surface area contributed by atoms with E-state index in [0.29, 0.717) is 5.92 Å². The molecule has 1 rings (SSSR count). The molecule has 68 valence electrons. The van der Waals surface area contributed by atoms with Crippen molar-refractivity contribution < 1.29 is 0 Å². The zero-order valence-corrected chi connectivity index (χ0v) is 8.60. The largest absolute Gasteiger partial charge is 0.324 e. The topological polar surface area (TPSA) is 26.0 Å². The standard InChI is InChI=1S/C10H17NS/c1-3-8(4-2)10(11)9-5-6-12-7-9/h5-8,10H,3-4,11H2,1-2H3. The van der Waals surface area contributed by atoms with Crippen LogP contribution in [0.4, 0.5) is 0 Å². The summed E-state index contributed by atoms with van der Waals surface area (Å²) in [5.41, 5.74) is 7.41. The summed E-state index contributed by atoms with van der Waals surface area (Å²) in [7, 11) is 0. The van der Waals surface area contributed by atoms with E-state index in [4.69, 9.17) is 5.73 Å². The number of rotatable bonds is 4. The van der Waals surface area contributed by atoms with Gasteiger partial charge in [0, 0.05) is 6.04 Å². The summed E-state index contributed by atoms with van der Waals surface area (Å²) < 4.78 is 0. The van der Waals surface area contributed by atoms with Crippen LogP contribution in [0.15, 0.2) is 16.8 Å². The Bertz CT molecular complexity index is 202. The molecule has 1 aromatic rings. The molecule has 0 aromatic carbocycles. The quantitative estimate of drug-likeness (QED) is 0.762. The Hall–Kier alpha value is -0.340. The molecule has 0 saturated carbocycles. The van der Waals surface area contributed by atoms with Crippen molar-refractivity contribution in [3.8, 4) is 0 Å². The second-order valence-corrected chi connectivity index (χ2v) is 3.94. The Morgan fingerprint density at radius 3 is 2.50 bits per heavy atom. The first-order valence-electron chi connectivity index (χ1n) is 4.57. The Balaban J connectivity index is 2.63. The van der Waals surface area contributed by atoms with Crippen LogP contribution < -0.4 is 5.73 Å². The molecule has 0 amide bonds. The van der Waals surface area contributed by atoms with Crippen molar-refractivity contribution in [2.45, 2.75) is 32.7 Å². The maximum absolute atomic E-state index is 6.11. The monoisotopic (exact) mass is 183 g/mol. The molecular formula is C10H17NS. The van der Waals surface area contributed by atoms with Crippen molar-refractivity contribution in [1.82, 2.24) is 0 Å². The maximum atomic E-state index is 6.11. The van der Waals surface area contributed by atoms with Crippen LogP contribution >= 0.6 is 11.3 Å². The Morgan fingerprint density at radius 2 is 2.08 bits per heavy atom. The second-order valence-electron chi connectivity index (χ2n) is 3.16. The van der Waals surface area contributed by atoms with Gasteiger partial charge < -0.3 is 5.73 Å². The summed E-state index contributed by atoms with van der Waals surface area (Å²) in [6.45, 7) is 4.42. The van der Waals surface area contributed by atoms with Gasteiger partial charge in [-0.2, -0.15) is 11.3 Å². The average molecular weight is 183 g/mol. The zero-order valence-electron chi connectivity index (χ0n) is 7.79. The van der Waals surface area contributed by atoms with E-state index in [1.54, 1.807) is 11.3 Å². The lowest BCUT2D eigenvalue weighted by Gasteiger charge is -2.19. The summed E-state index contributed by atoms with van der Waals surface area (Å²) in [6, 6.07) is 2.37. The van der Waals surface area contributed by atoms with Crippen LogP contribution in [-0.4, -0.2) is 0 Å². The summed E-state index contributed by atoms with van der Waals surface area (Å²) in [5, 5.41) is 4.25. The van der Waals surface area contributed by atoms with Gasteiger partial charge in [-0.25, -0.2) is 0 Å². The minimum atomic E-state index is 0.242. The van der Waals surface area contributed by atoms with Gasteiger partial charge in [0.1, 0.15) is 0 Å². The van der Waals surface area contributed by atoms with Crippen molar-refractivity contribution in [1.29, 1.82) is 0 Å². The highest BCUT2D eigenvalue weighted by atomic mass is 32.1. The molecule has 0 bridgehead atoms. The van der Waals surface area contributed by atoms with E-state index in [-0.39, 0.29) is 6.04 Å². The number of thiophene rings is 1. The summed E-state index contributed by atoms with van der Waals surface area (Å²) in [6.07, 6.45) is 2.35. The Morgan fingerprint density at radius 1 is 1.42 bits per heavy atom. The van der Waals surface area contributed by atoms with E-state index in [0.717, 1.165) is 0 Å². The van der Waals surface area contributed by atoms with E-state index in [1.165, 1.54) is 18.4 Å². The van der Waals surface area contributed by atoms with Crippen LogP contribution in [-0.2, 0) is 0 Å². The lowest BCUT2D eigenvalue weighted by Crippen LogP contribution is -2.19. The molecule has 1 nitrogen and oxygen atoms in total. The van der Waals surface area contributed by atoms with Gasteiger partial charge in [-0.3, -0.25) is 0 Å². The van der Waals surface area contributed by atoms with Crippen LogP contribution in [0.2, 0.25) is 0 Å². The average Bonchev–Trinajstić information content (AvgIpc) is 2.58. The second kappa shape index (κ2) is 4.63. The SMILES string of the molecule is CCC(CC)C(N)c1ccsc1. The predicted octanol–water partition coefficient (Wildman–Crippen LogP) is 3.18. The van der Waals surface area contributed by atoms with Crippen molar-refractivity contribution in [3.05, 3.63) is 22.4 Å². The minimum absolute atomic E-state index is 0.242. The number of nitrogens with two attached hydrogens (primary N) is 1.